The Kier molecular flexibility index (Phi) is 3.37. The van der Waals surface area contributed by atoms with E-state index in [1.165, 1.54) is 5.57 Å². The molecule has 1 unspecified atom stereocenters. The van der Waals surface area contributed by atoms with E-state index in [2.05, 4.69) is 6.92 Å². The summed E-state index contributed by atoms with van der Waals surface area (Å²) in [6, 6.07) is 0. The van der Waals surface area contributed by atoms with Gasteiger partial charge >= 0.3 is 0 Å². The van der Waals surface area contributed by atoms with Crippen molar-refractivity contribution in [2.75, 3.05) is 0 Å². The maximum atomic E-state index is 12.4. The SMILES string of the molecule is C[C@]12CC[C@H](O)CC1=C[C@@H](O)C1[C@@H]3[C@@H](O)CC(=O)[C@@]3(C)CC[C@@H]12. The van der Waals surface area contributed by atoms with Crippen molar-refractivity contribution in [1.29, 1.82) is 0 Å². The molecule has 3 saturated carbocycles. The Hall–Kier alpha value is -0.710. The van der Waals surface area contributed by atoms with Gasteiger partial charge in [0.1, 0.15) is 5.78 Å². The number of hydrogen-bond acceptors (Lipinski definition) is 4. The minimum atomic E-state index is -0.623. The monoisotopic (exact) mass is 320 g/mol. The molecule has 0 bridgehead atoms. The zero-order chi connectivity index (χ0) is 16.6. The summed E-state index contributed by atoms with van der Waals surface area (Å²) in [5.41, 5.74) is 0.709. The Labute approximate surface area is 137 Å². The fourth-order valence-electron chi connectivity index (χ4n) is 6.46. The predicted octanol–water partition coefficient (Wildman–Crippen LogP) is 1.82. The van der Waals surface area contributed by atoms with Crippen LogP contribution in [0.15, 0.2) is 11.6 Å². The molecule has 0 aromatic rings. The number of aliphatic hydroxyl groups is 3. The van der Waals surface area contributed by atoms with E-state index in [1.54, 1.807) is 0 Å². The number of Topliss-reactive ketones (excluding diaryl/α,β-unsaturated/α-hetero) is 1. The maximum absolute atomic E-state index is 12.4. The first-order valence-electron chi connectivity index (χ1n) is 9.06. The Morgan fingerprint density at radius 1 is 1.04 bits per heavy atom. The van der Waals surface area contributed by atoms with E-state index in [1.807, 2.05) is 13.0 Å². The lowest BCUT2D eigenvalue weighted by molar-refractivity contribution is -0.138. The third kappa shape index (κ3) is 1.98. The summed E-state index contributed by atoms with van der Waals surface area (Å²) >= 11 is 0. The van der Waals surface area contributed by atoms with E-state index in [0.29, 0.717) is 12.3 Å². The van der Waals surface area contributed by atoms with Crippen LogP contribution in [0, 0.1) is 28.6 Å². The number of carbonyl (C=O) groups excluding carboxylic acids is 1. The van der Waals surface area contributed by atoms with Crippen LogP contribution < -0.4 is 0 Å². The molecular weight excluding hydrogens is 292 g/mol. The van der Waals surface area contributed by atoms with Gasteiger partial charge < -0.3 is 15.3 Å². The Morgan fingerprint density at radius 2 is 1.74 bits per heavy atom. The minimum absolute atomic E-state index is 0.00415. The average molecular weight is 320 g/mol. The van der Waals surface area contributed by atoms with Gasteiger partial charge in [-0.25, -0.2) is 0 Å². The molecule has 23 heavy (non-hydrogen) atoms. The first kappa shape index (κ1) is 15.8. The van der Waals surface area contributed by atoms with Crippen LogP contribution in [0.4, 0.5) is 0 Å². The summed E-state index contributed by atoms with van der Waals surface area (Å²) in [7, 11) is 0. The molecule has 0 heterocycles. The van der Waals surface area contributed by atoms with Crippen molar-refractivity contribution < 1.29 is 20.1 Å². The van der Waals surface area contributed by atoms with Crippen LogP contribution in [-0.2, 0) is 4.79 Å². The van der Waals surface area contributed by atoms with Crippen molar-refractivity contribution in [3.63, 3.8) is 0 Å². The molecule has 4 heteroatoms. The lowest BCUT2D eigenvalue weighted by Crippen LogP contribution is -2.56. The second-order valence-corrected chi connectivity index (χ2v) is 8.86. The van der Waals surface area contributed by atoms with E-state index in [9.17, 15) is 20.1 Å². The summed E-state index contributed by atoms with van der Waals surface area (Å²) in [6.45, 7) is 4.26. The second-order valence-electron chi connectivity index (χ2n) is 8.86. The van der Waals surface area contributed by atoms with Crippen molar-refractivity contribution in [2.45, 2.75) is 70.7 Å². The zero-order valence-electron chi connectivity index (χ0n) is 14.0. The molecule has 4 rings (SSSR count). The van der Waals surface area contributed by atoms with Crippen molar-refractivity contribution in [3.8, 4) is 0 Å². The third-order valence-electron chi connectivity index (χ3n) is 7.81. The van der Waals surface area contributed by atoms with Gasteiger partial charge in [0.15, 0.2) is 0 Å². The Morgan fingerprint density at radius 3 is 2.48 bits per heavy atom. The molecular formula is C19H28O4. The molecule has 0 spiro atoms. The molecule has 8 atom stereocenters. The smallest absolute Gasteiger partial charge is 0.141 e. The van der Waals surface area contributed by atoms with Gasteiger partial charge in [-0.3, -0.25) is 4.79 Å². The van der Waals surface area contributed by atoms with Gasteiger partial charge in [-0.2, -0.15) is 0 Å². The molecule has 0 amide bonds. The van der Waals surface area contributed by atoms with E-state index in [-0.39, 0.29) is 35.6 Å². The maximum Gasteiger partial charge on any atom is 0.141 e. The first-order chi connectivity index (χ1) is 10.8. The molecule has 3 fully saturated rings. The third-order valence-corrected chi connectivity index (χ3v) is 7.81. The number of carbonyl (C=O) groups is 1. The van der Waals surface area contributed by atoms with Crippen LogP contribution in [0.1, 0.15) is 52.4 Å². The van der Waals surface area contributed by atoms with E-state index >= 15 is 0 Å². The van der Waals surface area contributed by atoms with Gasteiger partial charge in [0, 0.05) is 17.8 Å². The van der Waals surface area contributed by atoms with Gasteiger partial charge in [0.05, 0.1) is 18.3 Å². The zero-order valence-corrected chi connectivity index (χ0v) is 14.0. The van der Waals surface area contributed by atoms with Crippen LogP contribution in [0.5, 0.6) is 0 Å². The molecule has 3 N–H and O–H groups in total. The number of hydrogen-bond donors (Lipinski definition) is 3. The number of ketones is 1. The summed E-state index contributed by atoms with van der Waals surface area (Å²) in [4.78, 5) is 12.4. The lowest BCUT2D eigenvalue weighted by atomic mass is 9.47. The van der Waals surface area contributed by atoms with Crippen LogP contribution in [0.25, 0.3) is 0 Å². The summed E-state index contributed by atoms with van der Waals surface area (Å²) in [5.74, 6) is 0.285. The van der Waals surface area contributed by atoms with Gasteiger partial charge in [-0.15, -0.1) is 0 Å². The van der Waals surface area contributed by atoms with Crippen LogP contribution in [0.3, 0.4) is 0 Å². The van der Waals surface area contributed by atoms with Crippen molar-refractivity contribution >= 4 is 5.78 Å². The average Bonchev–Trinajstić information content (AvgIpc) is 2.71. The number of aliphatic hydroxyl groups excluding tert-OH is 3. The van der Waals surface area contributed by atoms with E-state index in [4.69, 9.17) is 0 Å². The molecule has 4 aliphatic rings. The summed E-state index contributed by atoms with van der Waals surface area (Å²) < 4.78 is 0. The van der Waals surface area contributed by atoms with Crippen LogP contribution in [0.2, 0.25) is 0 Å². The van der Waals surface area contributed by atoms with Gasteiger partial charge in [0.2, 0.25) is 0 Å². The first-order valence-corrected chi connectivity index (χ1v) is 9.06. The standard InChI is InChI=1S/C19H28O4/c1-18-5-3-11(20)7-10(18)8-13(21)16-12(18)4-6-19(2)15(23)9-14(22)17(16)19/h8,11-14,16-17,20-22H,3-7,9H2,1-2H3/t11-,12-,13+,14-,16?,17-,18-,19+/m0/s1. The molecule has 4 aliphatic carbocycles. The normalized spacial score (nSPS) is 55.7. The van der Waals surface area contributed by atoms with E-state index in [0.717, 1.165) is 25.7 Å². The van der Waals surface area contributed by atoms with Crippen LogP contribution >= 0.6 is 0 Å². The molecule has 0 aromatic carbocycles. The predicted molar refractivity (Wildman–Crippen MR) is 85.5 cm³/mol. The Balaban J connectivity index is 1.77. The fourth-order valence-corrected chi connectivity index (χ4v) is 6.46. The summed E-state index contributed by atoms with van der Waals surface area (Å²) in [6.07, 6.45) is 4.77. The molecule has 0 radical (unpaired) electrons. The molecule has 0 aliphatic heterocycles. The number of rotatable bonds is 0. The van der Waals surface area contributed by atoms with Crippen LogP contribution in [-0.4, -0.2) is 39.4 Å². The highest BCUT2D eigenvalue weighted by molar-refractivity contribution is 5.88. The number of fused-ring (bicyclic) bond motifs is 5. The topological polar surface area (TPSA) is 77.8 Å². The van der Waals surface area contributed by atoms with Crippen molar-refractivity contribution in [1.82, 2.24) is 0 Å². The largest absolute Gasteiger partial charge is 0.393 e. The highest BCUT2D eigenvalue weighted by Gasteiger charge is 2.63. The second kappa shape index (κ2) is 4.90. The summed E-state index contributed by atoms with van der Waals surface area (Å²) in [5, 5.41) is 31.4. The quantitative estimate of drug-likeness (QED) is 0.595. The van der Waals surface area contributed by atoms with Gasteiger partial charge in [0.25, 0.3) is 0 Å². The molecule has 4 nitrogen and oxygen atoms in total. The van der Waals surface area contributed by atoms with Crippen molar-refractivity contribution in [3.05, 3.63) is 11.6 Å². The molecule has 0 aromatic heterocycles. The highest BCUT2D eigenvalue weighted by atomic mass is 16.3. The van der Waals surface area contributed by atoms with E-state index < -0.39 is 17.6 Å². The van der Waals surface area contributed by atoms with Crippen molar-refractivity contribution in [2.24, 2.45) is 28.6 Å². The molecule has 128 valence electrons. The Bertz CT molecular complexity index is 570. The minimum Gasteiger partial charge on any atom is -0.393 e. The van der Waals surface area contributed by atoms with Gasteiger partial charge in [-0.05, 0) is 49.4 Å². The van der Waals surface area contributed by atoms with Gasteiger partial charge in [-0.1, -0.05) is 25.5 Å². The molecule has 0 saturated heterocycles. The fraction of sp³-hybridized carbons (Fsp3) is 0.842. The lowest BCUT2D eigenvalue weighted by Gasteiger charge is -2.58. The highest BCUT2D eigenvalue weighted by Crippen LogP contribution is 2.63.